The Bertz CT molecular complexity index is 919. The lowest BCUT2D eigenvalue weighted by atomic mass is 10.0. The van der Waals surface area contributed by atoms with Gasteiger partial charge in [-0.15, -0.1) is 0 Å². The van der Waals surface area contributed by atoms with Crippen LogP contribution in [0.15, 0.2) is 24.4 Å². The van der Waals surface area contributed by atoms with Crippen molar-refractivity contribution in [2.45, 2.75) is 31.4 Å². The molecule has 0 aliphatic carbocycles. The number of aromatic amines is 1. The van der Waals surface area contributed by atoms with Crippen molar-refractivity contribution in [3.05, 3.63) is 40.5 Å². The van der Waals surface area contributed by atoms with Crippen LogP contribution in [0, 0.1) is 0 Å². The minimum Gasteiger partial charge on any atom is -0.480 e. The van der Waals surface area contributed by atoms with E-state index in [-0.39, 0.29) is 19.3 Å². The Hall–Kier alpha value is -3.00. The fourth-order valence-electron chi connectivity index (χ4n) is 2.59. The topological polar surface area (TPSA) is 156 Å². The van der Waals surface area contributed by atoms with Gasteiger partial charge in [0.15, 0.2) is 0 Å². The first-order valence-corrected chi connectivity index (χ1v) is 8.37. The first-order chi connectivity index (χ1) is 12.8. The summed E-state index contributed by atoms with van der Waals surface area (Å²) in [5.74, 6) is -2.81. The van der Waals surface area contributed by atoms with Gasteiger partial charge >= 0.3 is 12.2 Å². The van der Waals surface area contributed by atoms with Crippen molar-refractivity contribution < 1.29 is 29.4 Å². The van der Waals surface area contributed by atoms with Crippen molar-refractivity contribution in [3.8, 4) is 0 Å². The first kappa shape index (κ1) is 20.3. The van der Waals surface area contributed by atoms with Crippen molar-refractivity contribution in [1.82, 2.24) is 10.3 Å². The number of amides is 1. The highest BCUT2D eigenvalue weighted by Gasteiger charge is 2.25. The highest BCUT2D eigenvalue weighted by molar-refractivity contribution is 6.35. The molecule has 1 aromatic carbocycles. The lowest BCUT2D eigenvalue weighted by molar-refractivity contribution is -0.143. The molecule has 1 heterocycles. The van der Waals surface area contributed by atoms with Gasteiger partial charge in [-0.05, 0) is 18.1 Å². The number of carboxylic acids is 1. The second kappa shape index (κ2) is 9.09. The summed E-state index contributed by atoms with van der Waals surface area (Å²) >= 11 is 6.07. The van der Waals surface area contributed by atoms with E-state index in [2.05, 4.69) is 15.1 Å². The molecule has 142 valence electrons. The summed E-state index contributed by atoms with van der Waals surface area (Å²) in [6, 6.07) is 3.86. The number of nitrogens with zero attached hydrogens (tertiary/aromatic N) is 2. The average Bonchev–Trinajstić information content (AvgIpc) is 3.02. The fourth-order valence-corrected chi connectivity index (χ4v) is 2.82. The maximum absolute atomic E-state index is 12.1. The summed E-state index contributed by atoms with van der Waals surface area (Å²) in [6.07, 6.45) is 0.292. The van der Waals surface area contributed by atoms with Crippen LogP contribution in [-0.2, 0) is 20.8 Å². The monoisotopic (exact) mass is 392 g/mol. The number of hydrogen-bond acceptors (Lipinski definition) is 4. The van der Waals surface area contributed by atoms with Crippen molar-refractivity contribution in [3.63, 3.8) is 0 Å². The lowest BCUT2D eigenvalue weighted by Crippen LogP contribution is -2.46. The minimum atomic E-state index is -1.49. The van der Waals surface area contributed by atoms with Crippen LogP contribution in [0.1, 0.15) is 18.4 Å². The summed E-state index contributed by atoms with van der Waals surface area (Å²) < 4.78 is 0. The average molecular weight is 393 g/mol. The van der Waals surface area contributed by atoms with Crippen LogP contribution in [0.3, 0.4) is 0 Å². The quantitative estimate of drug-likeness (QED) is 0.284. The van der Waals surface area contributed by atoms with E-state index in [1.54, 1.807) is 24.4 Å². The Morgan fingerprint density at radius 3 is 2.78 bits per heavy atom. The molecule has 2 atom stereocenters. The van der Waals surface area contributed by atoms with Crippen molar-refractivity contribution in [1.29, 1.82) is 0 Å². The number of benzene rings is 1. The number of ketones is 1. The SMILES string of the molecule is [N-]=[N+]=CC(=O)CCC(NC(=O)C(O)Cc1c[nH]c2c(Cl)cccc12)C(=O)O. The molecule has 2 aromatic rings. The number of aliphatic hydroxyl groups excluding tert-OH is 1. The lowest BCUT2D eigenvalue weighted by Gasteiger charge is -2.16. The van der Waals surface area contributed by atoms with E-state index in [9.17, 15) is 19.5 Å². The van der Waals surface area contributed by atoms with Gasteiger partial charge in [0.2, 0.25) is 11.7 Å². The zero-order chi connectivity index (χ0) is 20.0. The highest BCUT2D eigenvalue weighted by Crippen LogP contribution is 2.25. The third-order valence-corrected chi connectivity index (χ3v) is 4.28. The van der Waals surface area contributed by atoms with Crippen LogP contribution in [0.2, 0.25) is 5.02 Å². The number of aliphatic carboxylic acids is 1. The Labute approximate surface area is 158 Å². The largest absolute Gasteiger partial charge is 0.480 e. The summed E-state index contributed by atoms with van der Waals surface area (Å²) in [7, 11) is 0. The summed E-state index contributed by atoms with van der Waals surface area (Å²) in [5, 5.41) is 22.8. The fraction of sp³-hybridized carbons (Fsp3) is 0.294. The predicted molar refractivity (Wildman–Crippen MR) is 96.5 cm³/mol. The molecule has 2 unspecified atom stereocenters. The number of carbonyl (C=O) groups is 3. The van der Waals surface area contributed by atoms with E-state index >= 15 is 0 Å². The number of halogens is 1. The van der Waals surface area contributed by atoms with E-state index in [1.165, 1.54) is 0 Å². The van der Waals surface area contributed by atoms with Gasteiger partial charge in [0, 0.05) is 24.4 Å². The molecule has 10 heteroatoms. The molecule has 2 rings (SSSR count). The van der Waals surface area contributed by atoms with E-state index in [0.717, 1.165) is 5.39 Å². The molecular weight excluding hydrogens is 376 g/mol. The number of fused-ring (bicyclic) bond motifs is 1. The van der Waals surface area contributed by atoms with E-state index in [1.807, 2.05) is 0 Å². The number of H-pyrrole nitrogens is 1. The van der Waals surface area contributed by atoms with Crippen molar-refractivity contribution in [2.24, 2.45) is 0 Å². The summed E-state index contributed by atoms with van der Waals surface area (Å²) in [5.41, 5.74) is 9.59. The van der Waals surface area contributed by atoms with Crippen molar-refractivity contribution in [2.75, 3.05) is 0 Å². The third kappa shape index (κ3) is 5.24. The predicted octanol–water partition coefficient (Wildman–Crippen LogP) is 0.944. The number of rotatable bonds is 9. The molecule has 1 amide bonds. The van der Waals surface area contributed by atoms with E-state index in [0.29, 0.717) is 22.3 Å². The van der Waals surface area contributed by atoms with Crippen molar-refractivity contribution >= 4 is 46.4 Å². The molecule has 0 aliphatic rings. The molecule has 4 N–H and O–H groups in total. The number of aromatic nitrogens is 1. The van der Waals surface area contributed by atoms with Gasteiger partial charge in [-0.2, -0.15) is 4.79 Å². The molecular formula is C17H17ClN4O5. The molecule has 9 nitrogen and oxygen atoms in total. The first-order valence-electron chi connectivity index (χ1n) is 7.99. The van der Waals surface area contributed by atoms with E-state index in [4.69, 9.17) is 22.2 Å². The van der Waals surface area contributed by atoms with Gasteiger partial charge in [-0.25, -0.2) is 4.79 Å². The number of Topliss-reactive ketones (excluding diaryl/α,β-unsaturated/α-hetero) is 1. The Morgan fingerprint density at radius 2 is 2.11 bits per heavy atom. The number of para-hydroxylation sites is 1. The van der Waals surface area contributed by atoms with Crippen LogP contribution >= 0.6 is 11.6 Å². The highest BCUT2D eigenvalue weighted by atomic mass is 35.5. The second-order valence-electron chi connectivity index (χ2n) is 5.85. The van der Waals surface area contributed by atoms with Gasteiger partial charge in [-0.1, -0.05) is 23.7 Å². The molecule has 0 radical (unpaired) electrons. The zero-order valence-electron chi connectivity index (χ0n) is 14.1. The van der Waals surface area contributed by atoms with Gasteiger partial charge in [0.25, 0.3) is 0 Å². The maximum Gasteiger partial charge on any atom is 0.326 e. The molecule has 1 aromatic heterocycles. The van der Waals surface area contributed by atoms with Gasteiger partial charge in [-0.3, -0.25) is 9.59 Å². The molecule has 0 bridgehead atoms. The smallest absolute Gasteiger partial charge is 0.326 e. The number of aliphatic hydroxyl groups is 1. The second-order valence-corrected chi connectivity index (χ2v) is 6.25. The summed E-state index contributed by atoms with van der Waals surface area (Å²) in [4.78, 5) is 40.2. The van der Waals surface area contributed by atoms with Crippen LogP contribution in [0.25, 0.3) is 16.4 Å². The Kier molecular flexibility index (Phi) is 6.84. The Balaban J connectivity index is 2.02. The van der Waals surface area contributed by atoms with Crippen LogP contribution in [-0.4, -0.2) is 56.0 Å². The van der Waals surface area contributed by atoms with E-state index < -0.39 is 29.8 Å². The Morgan fingerprint density at radius 1 is 1.37 bits per heavy atom. The van der Waals surface area contributed by atoms with Gasteiger partial charge in [0.05, 0.1) is 10.5 Å². The number of carboxylic acid groups (broad SMARTS) is 1. The molecule has 0 saturated heterocycles. The summed E-state index contributed by atoms with van der Waals surface area (Å²) in [6.45, 7) is 0. The maximum atomic E-state index is 12.1. The molecule has 0 spiro atoms. The molecule has 0 fully saturated rings. The molecule has 0 aliphatic heterocycles. The molecule has 27 heavy (non-hydrogen) atoms. The number of hydrogen-bond donors (Lipinski definition) is 4. The van der Waals surface area contributed by atoms with Gasteiger partial charge in [0.1, 0.15) is 12.1 Å². The number of nitrogens with one attached hydrogen (secondary N) is 2. The van der Waals surface area contributed by atoms with Gasteiger partial charge < -0.3 is 26.0 Å². The van der Waals surface area contributed by atoms with Crippen LogP contribution in [0.4, 0.5) is 0 Å². The van der Waals surface area contributed by atoms with Crippen LogP contribution < -0.4 is 5.32 Å². The number of carbonyl (C=O) groups excluding carboxylic acids is 2. The van der Waals surface area contributed by atoms with Crippen LogP contribution in [0.5, 0.6) is 0 Å². The minimum absolute atomic E-state index is 0.0470. The normalized spacial score (nSPS) is 12.8. The standard InChI is InChI=1S/C17H17ClN4O5/c18-12-3-1-2-11-9(7-20-15(11)12)6-14(24)16(25)22-13(17(26)27)5-4-10(23)8-21-19/h1-3,7-8,13-14,20,24H,4-6H2,(H,22,25)(H,26,27). The molecule has 0 saturated carbocycles. The third-order valence-electron chi connectivity index (χ3n) is 3.96. The zero-order valence-corrected chi connectivity index (χ0v) is 14.8.